The molecule has 1 aromatic carbocycles. The Labute approximate surface area is 230 Å². The average Bonchev–Trinajstić information content (AvgIpc) is 3.37. The summed E-state index contributed by atoms with van der Waals surface area (Å²) < 4.78 is 27.6. The summed E-state index contributed by atoms with van der Waals surface area (Å²) in [7, 11) is 0. The van der Waals surface area contributed by atoms with E-state index in [2.05, 4.69) is 64.3 Å². The van der Waals surface area contributed by atoms with E-state index in [-0.39, 0.29) is 5.41 Å². The highest BCUT2D eigenvalue weighted by atomic mass is 32.1. The molecule has 2 aromatic heterocycles. The van der Waals surface area contributed by atoms with E-state index < -0.39 is 18.0 Å². The Hall–Kier alpha value is -3.93. The maximum atomic E-state index is 13.8. The highest BCUT2D eigenvalue weighted by Crippen LogP contribution is 2.47. The number of aromatic nitrogens is 2. The van der Waals surface area contributed by atoms with E-state index in [0.29, 0.717) is 47.4 Å². The lowest BCUT2D eigenvalue weighted by Crippen LogP contribution is -2.48. The van der Waals surface area contributed by atoms with E-state index in [0.717, 1.165) is 21.6 Å². The van der Waals surface area contributed by atoms with Gasteiger partial charge >= 0.3 is 0 Å². The first-order chi connectivity index (χ1) is 18.6. The third-order valence-corrected chi connectivity index (χ3v) is 7.94. The van der Waals surface area contributed by atoms with E-state index in [1.807, 2.05) is 13.0 Å². The van der Waals surface area contributed by atoms with Crippen molar-refractivity contribution in [3.8, 4) is 18.4 Å². The number of nitriles is 1. The van der Waals surface area contributed by atoms with Gasteiger partial charge in [0.2, 0.25) is 0 Å². The maximum absolute atomic E-state index is 13.8. The molecule has 1 aliphatic heterocycles. The van der Waals surface area contributed by atoms with Crippen LogP contribution in [0.25, 0.3) is 10.9 Å². The number of hydrogen-bond donors (Lipinski definition) is 4. The predicted octanol–water partition coefficient (Wildman–Crippen LogP) is 5.43. The number of benzene rings is 1. The highest BCUT2D eigenvalue weighted by molar-refractivity contribution is 7.09. The Morgan fingerprint density at radius 2 is 2.03 bits per heavy atom. The smallest absolute Gasteiger partial charge is 0.262 e. The zero-order valence-electron chi connectivity index (χ0n) is 22.2. The number of nitrogens with one attached hydrogen (secondary N) is 4. The first-order valence-corrected chi connectivity index (χ1v) is 13.5. The Morgan fingerprint density at radius 1 is 1.26 bits per heavy atom. The third kappa shape index (κ3) is 5.08. The van der Waals surface area contributed by atoms with Gasteiger partial charge in [-0.1, -0.05) is 26.7 Å². The molecule has 1 aliphatic carbocycles. The Kier molecular flexibility index (Phi) is 6.83. The van der Waals surface area contributed by atoms with Crippen LogP contribution in [0.4, 0.5) is 20.2 Å². The van der Waals surface area contributed by atoms with Crippen LogP contribution in [0.5, 0.6) is 0 Å². The number of terminal acetylenes is 1. The van der Waals surface area contributed by atoms with Crippen molar-refractivity contribution in [3.05, 3.63) is 57.4 Å². The number of nitrogens with zero attached hydrogens (tertiary/aromatic N) is 4. The number of anilines is 2. The lowest BCUT2D eigenvalue weighted by Gasteiger charge is -2.25. The summed E-state index contributed by atoms with van der Waals surface area (Å²) in [5.41, 5.74) is 10.9. The van der Waals surface area contributed by atoms with Crippen LogP contribution >= 0.6 is 11.3 Å². The first kappa shape index (κ1) is 26.7. The Balaban J connectivity index is 1.58. The van der Waals surface area contributed by atoms with Gasteiger partial charge in [-0.2, -0.15) is 5.26 Å². The molecule has 3 heterocycles. The average molecular weight is 549 g/mol. The van der Waals surface area contributed by atoms with Crippen LogP contribution in [-0.2, 0) is 0 Å². The molecule has 202 valence electrons. The molecule has 1 atom stereocenters. The molecule has 39 heavy (non-hydrogen) atoms. The third-order valence-electron chi connectivity index (χ3n) is 6.95. The van der Waals surface area contributed by atoms with Gasteiger partial charge in [0.05, 0.1) is 44.1 Å². The van der Waals surface area contributed by atoms with Gasteiger partial charge in [-0.25, -0.2) is 13.8 Å². The number of pyridine rings is 1. The van der Waals surface area contributed by atoms with Crippen molar-refractivity contribution in [2.45, 2.75) is 58.5 Å². The fourth-order valence-electron chi connectivity index (χ4n) is 4.57. The zero-order valence-corrected chi connectivity index (χ0v) is 23.0. The van der Waals surface area contributed by atoms with Crippen LogP contribution in [0, 0.1) is 36.0 Å². The fourth-order valence-corrected chi connectivity index (χ4v) is 5.44. The van der Waals surface area contributed by atoms with Gasteiger partial charge in [-0.05, 0) is 37.3 Å². The van der Waals surface area contributed by atoms with Crippen LogP contribution in [-0.4, -0.2) is 33.5 Å². The number of hydrogen-bond acceptors (Lipinski definition) is 9. The van der Waals surface area contributed by atoms with Crippen molar-refractivity contribution >= 4 is 33.6 Å². The molecule has 0 amide bonds. The molecule has 0 unspecified atom stereocenters. The molecule has 1 saturated carbocycles. The zero-order chi connectivity index (χ0) is 27.9. The number of hydrazine groups is 2. The van der Waals surface area contributed by atoms with Gasteiger partial charge in [0.1, 0.15) is 17.6 Å². The molecule has 3 aromatic rings. The van der Waals surface area contributed by atoms with Gasteiger partial charge in [-0.3, -0.25) is 9.99 Å². The van der Waals surface area contributed by atoms with Crippen LogP contribution in [0.1, 0.15) is 61.4 Å². The summed E-state index contributed by atoms with van der Waals surface area (Å²) in [5.74, 6) is 2.70. The summed E-state index contributed by atoms with van der Waals surface area (Å²) in [4.78, 5) is 9.82. The van der Waals surface area contributed by atoms with E-state index in [9.17, 15) is 14.0 Å². The molecule has 2 aliphatic rings. The van der Waals surface area contributed by atoms with E-state index >= 15 is 0 Å². The summed E-state index contributed by atoms with van der Waals surface area (Å²) in [6.45, 7) is 8.92. The lowest BCUT2D eigenvalue weighted by atomic mass is 9.96. The minimum absolute atomic E-state index is 0.0131. The number of fused-ring (bicyclic) bond motifs is 1. The topological polar surface area (TPSA) is 101 Å². The van der Waals surface area contributed by atoms with E-state index in [4.69, 9.17) is 6.42 Å². The molecule has 0 spiro atoms. The normalized spacial score (nSPS) is 16.8. The highest BCUT2D eigenvalue weighted by Gasteiger charge is 2.56. The van der Waals surface area contributed by atoms with Gasteiger partial charge in [-0.15, -0.1) is 23.3 Å². The van der Waals surface area contributed by atoms with Crippen molar-refractivity contribution in [3.63, 3.8) is 0 Å². The van der Waals surface area contributed by atoms with Crippen molar-refractivity contribution in [1.82, 2.24) is 25.9 Å². The molecular weight excluding hydrogens is 518 g/mol. The van der Waals surface area contributed by atoms with Gasteiger partial charge < -0.3 is 16.1 Å². The van der Waals surface area contributed by atoms with Crippen molar-refractivity contribution in [1.29, 1.82) is 5.26 Å². The molecular formula is C28H30F2N8S. The standard InChI is InChI=1S/C28H30F2N8S/c1-6-17-12-32-23-18(11-31)9-19(10-20(23)22(17)33-14-27(3,4)5)35-24(25-16(2)34-15-39-25)21-13-38(37-36-21)28(7-8-28)26(29)30/h1,9-10,12-13,15,24,26,35-37H,7-8,14H2,2-5H3,(H,32,33)/t24-/m1/s1. The summed E-state index contributed by atoms with van der Waals surface area (Å²) in [6, 6.07) is 5.47. The SMILES string of the molecule is C#Cc1cnc2c(C#N)cc(N[C@H](C3=CN(C4(C(F)F)CC4)NN3)c3scnc3C)cc2c1NCC(C)(C)C. The molecule has 0 saturated heterocycles. The molecule has 1 fully saturated rings. The number of alkyl halides is 2. The van der Waals surface area contributed by atoms with Crippen molar-refractivity contribution in [2.75, 3.05) is 17.2 Å². The van der Waals surface area contributed by atoms with E-state index in [1.165, 1.54) is 16.3 Å². The Morgan fingerprint density at radius 3 is 2.62 bits per heavy atom. The van der Waals surface area contributed by atoms with Crippen molar-refractivity contribution < 1.29 is 8.78 Å². The fraction of sp³-hybridized carbons (Fsp3) is 0.393. The number of rotatable bonds is 8. The van der Waals surface area contributed by atoms with Crippen LogP contribution in [0.2, 0.25) is 0 Å². The molecule has 4 N–H and O–H groups in total. The van der Waals surface area contributed by atoms with Gasteiger partial charge in [0.15, 0.2) is 0 Å². The van der Waals surface area contributed by atoms with Crippen LogP contribution in [0.15, 0.2) is 35.7 Å². The van der Waals surface area contributed by atoms with Gasteiger partial charge in [0, 0.05) is 30.0 Å². The summed E-state index contributed by atoms with van der Waals surface area (Å²) in [6.07, 6.45) is 7.45. The molecule has 5 rings (SSSR count). The number of aryl methyl sites for hydroxylation is 1. The molecule has 0 bridgehead atoms. The second kappa shape index (κ2) is 9.99. The van der Waals surface area contributed by atoms with Crippen molar-refractivity contribution in [2.24, 2.45) is 5.41 Å². The van der Waals surface area contributed by atoms with E-state index in [1.54, 1.807) is 24.0 Å². The molecule has 11 heteroatoms. The number of thiazole rings is 1. The first-order valence-electron chi connectivity index (χ1n) is 12.6. The number of halogens is 2. The second-order valence-corrected chi connectivity index (χ2v) is 12.0. The summed E-state index contributed by atoms with van der Waals surface area (Å²) >= 11 is 1.46. The monoisotopic (exact) mass is 548 g/mol. The van der Waals surface area contributed by atoms with Crippen LogP contribution < -0.4 is 21.6 Å². The predicted molar refractivity (Wildman–Crippen MR) is 150 cm³/mol. The van der Waals surface area contributed by atoms with Crippen LogP contribution in [0.3, 0.4) is 0 Å². The summed E-state index contributed by atoms with van der Waals surface area (Å²) in [5, 5.41) is 19.2. The van der Waals surface area contributed by atoms with Gasteiger partial charge in [0.25, 0.3) is 6.43 Å². The molecule has 8 nitrogen and oxygen atoms in total. The molecule has 0 radical (unpaired) electrons. The Bertz CT molecular complexity index is 1520. The second-order valence-electron chi connectivity index (χ2n) is 11.1. The minimum Gasteiger partial charge on any atom is -0.383 e. The quantitative estimate of drug-likeness (QED) is 0.277. The minimum atomic E-state index is -2.48. The lowest BCUT2D eigenvalue weighted by molar-refractivity contribution is 0.00911. The maximum Gasteiger partial charge on any atom is 0.262 e. The largest absolute Gasteiger partial charge is 0.383 e.